The number of rotatable bonds is 2. The van der Waals surface area contributed by atoms with Gasteiger partial charge in [0.1, 0.15) is 11.3 Å². The average molecular weight is 306 g/mol. The van der Waals surface area contributed by atoms with Crippen molar-refractivity contribution in [2.45, 2.75) is 12.8 Å². The van der Waals surface area contributed by atoms with Crippen molar-refractivity contribution in [1.29, 1.82) is 0 Å². The van der Waals surface area contributed by atoms with Gasteiger partial charge in [-0.1, -0.05) is 0 Å². The van der Waals surface area contributed by atoms with E-state index in [0.29, 0.717) is 6.07 Å². The van der Waals surface area contributed by atoms with Crippen LogP contribution in [0.1, 0.15) is 5.56 Å². The van der Waals surface area contributed by atoms with Gasteiger partial charge >= 0.3 is 12.8 Å². The molecule has 0 heterocycles. The molecule has 0 aromatic heterocycles. The first-order valence-electron chi connectivity index (χ1n) is 3.83. The van der Waals surface area contributed by atoms with Gasteiger partial charge in [0.25, 0.3) is 0 Å². The standard InChI is InChI=1S/C8H5BrF5NO/c9-4-1-3(15)2-5(16-7(10)11)6(4)8(12,13)14/h1-2,7H,15H2. The summed E-state index contributed by atoms with van der Waals surface area (Å²) in [5.41, 5.74) is 3.79. The van der Waals surface area contributed by atoms with Crippen molar-refractivity contribution >= 4 is 21.6 Å². The molecular formula is C8H5BrF5NO. The van der Waals surface area contributed by atoms with Crippen molar-refractivity contribution in [1.82, 2.24) is 0 Å². The molecule has 0 saturated heterocycles. The maximum atomic E-state index is 12.5. The summed E-state index contributed by atoms with van der Waals surface area (Å²) in [4.78, 5) is 0. The predicted molar refractivity (Wildman–Crippen MR) is 50.2 cm³/mol. The molecule has 0 aliphatic carbocycles. The SMILES string of the molecule is Nc1cc(Br)c(C(F)(F)F)c(OC(F)F)c1. The van der Waals surface area contributed by atoms with Crippen LogP contribution in [0.3, 0.4) is 0 Å². The second-order valence-corrected chi connectivity index (χ2v) is 3.61. The van der Waals surface area contributed by atoms with E-state index in [4.69, 9.17) is 5.73 Å². The largest absolute Gasteiger partial charge is 0.434 e. The highest BCUT2D eigenvalue weighted by molar-refractivity contribution is 9.10. The molecule has 2 N–H and O–H groups in total. The van der Waals surface area contributed by atoms with E-state index in [9.17, 15) is 22.0 Å². The third kappa shape index (κ3) is 2.97. The lowest BCUT2D eigenvalue weighted by Gasteiger charge is -2.15. The van der Waals surface area contributed by atoms with Gasteiger partial charge in [0, 0.05) is 16.2 Å². The quantitative estimate of drug-likeness (QED) is 0.668. The van der Waals surface area contributed by atoms with Crippen molar-refractivity contribution < 1.29 is 26.7 Å². The Balaban J connectivity index is 3.33. The van der Waals surface area contributed by atoms with Crippen LogP contribution in [0.4, 0.5) is 27.6 Å². The van der Waals surface area contributed by atoms with Gasteiger partial charge in [-0.05, 0) is 22.0 Å². The molecule has 90 valence electrons. The number of ether oxygens (including phenoxy) is 1. The lowest BCUT2D eigenvalue weighted by Crippen LogP contribution is -2.12. The summed E-state index contributed by atoms with van der Waals surface area (Å²) in [5.74, 6) is -1.01. The van der Waals surface area contributed by atoms with Crippen molar-refractivity contribution in [2.75, 3.05) is 5.73 Å². The number of nitrogen functional groups attached to an aromatic ring is 1. The third-order valence-electron chi connectivity index (χ3n) is 1.58. The maximum Gasteiger partial charge on any atom is 0.421 e. The highest BCUT2D eigenvalue weighted by Crippen LogP contribution is 2.42. The zero-order chi connectivity index (χ0) is 12.5. The second-order valence-electron chi connectivity index (χ2n) is 2.75. The van der Waals surface area contributed by atoms with Gasteiger partial charge in [0.05, 0.1) is 0 Å². The molecule has 0 spiro atoms. The number of nitrogens with two attached hydrogens (primary N) is 1. The summed E-state index contributed by atoms with van der Waals surface area (Å²) >= 11 is 2.60. The van der Waals surface area contributed by atoms with Crippen LogP contribution < -0.4 is 10.5 Å². The van der Waals surface area contributed by atoms with Gasteiger partial charge in [-0.15, -0.1) is 0 Å². The first-order valence-corrected chi connectivity index (χ1v) is 4.62. The third-order valence-corrected chi connectivity index (χ3v) is 2.20. The summed E-state index contributed by atoms with van der Waals surface area (Å²) in [6, 6.07) is 1.65. The number of hydrogen-bond acceptors (Lipinski definition) is 2. The van der Waals surface area contributed by atoms with Crippen molar-refractivity contribution in [3.05, 3.63) is 22.2 Å². The summed E-state index contributed by atoms with van der Waals surface area (Å²) in [6.07, 6.45) is -4.81. The van der Waals surface area contributed by atoms with Crippen LogP contribution in [0.15, 0.2) is 16.6 Å². The first-order chi connectivity index (χ1) is 7.21. The molecule has 16 heavy (non-hydrogen) atoms. The molecule has 2 nitrogen and oxygen atoms in total. The number of anilines is 1. The fourth-order valence-corrected chi connectivity index (χ4v) is 1.75. The fraction of sp³-hybridized carbons (Fsp3) is 0.250. The zero-order valence-electron chi connectivity index (χ0n) is 7.49. The molecule has 0 atom stereocenters. The Labute approximate surface area is 95.3 Å². The van der Waals surface area contributed by atoms with Crippen LogP contribution >= 0.6 is 15.9 Å². The molecule has 0 saturated carbocycles. The Bertz CT molecular complexity index is 393. The van der Waals surface area contributed by atoms with Crippen LogP contribution in [-0.2, 0) is 6.18 Å². The summed E-state index contributed by atoms with van der Waals surface area (Å²) < 4.78 is 64.6. The average Bonchev–Trinajstić information content (AvgIpc) is 1.96. The van der Waals surface area contributed by atoms with Crippen molar-refractivity contribution in [3.63, 3.8) is 0 Å². The van der Waals surface area contributed by atoms with Crippen LogP contribution in [0.2, 0.25) is 0 Å². The van der Waals surface area contributed by atoms with E-state index in [1.54, 1.807) is 0 Å². The summed E-state index contributed by atoms with van der Waals surface area (Å²) in [7, 11) is 0. The molecule has 0 aliphatic rings. The molecule has 0 unspecified atom stereocenters. The number of benzene rings is 1. The molecule has 1 aromatic rings. The maximum absolute atomic E-state index is 12.5. The first kappa shape index (κ1) is 13.0. The Morgan fingerprint density at radius 3 is 2.25 bits per heavy atom. The molecule has 0 bridgehead atoms. The lowest BCUT2D eigenvalue weighted by atomic mass is 10.2. The van der Waals surface area contributed by atoms with E-state index in [1.807, 2.05) is 0 Å². The van der Waals surface area contributed by atoms with Crippen molar-refractivity contribution in [3.8, 4) is 5.75 Å². The topological polar surface area (TPSA) is 35.2 Å². The van der Waals surface area contributed by atoms with E-state index < -0.39 is 28.6 Å². The minimum Gasteiger partial charge on any atom is -0.434 e. The molecule has 1 aromatic carbocycles. The smallest absolute Gasteiger partial charge is 0.421 e. The van der Waals surface area contributed by atoms with Gasteiger partial charge in [-0.25, -0.2) is 0 Å². The molecule has 0 fully saturated rings. The second kappa shape index (κ2) is 4.44. The van der Waals surface area contributed by atoms with E-state index in [-0.39, 0.29) is 5.69 Å². The predicted octanol–water partition coefficient (Wildman–Crippen LogP) is 3.65. The summed E-state index contributed by atoms with van der Waals surface area (Å²) in [6.45, 7) is -3.35. The van der Waals surface area contributed by atoms with E-state index >= 15 is 0 Å². The Kier molecular flexibility index (Phi) is 3.61. The molecule has 0 radical (unpaired) electrons. The molecule has 0 amide bonds. The Morgan fingerprint density at radius 2 is 1.81 bits per heavy atom. The highest BCUT2D eigenvalue weighted by Gasteiger charge is 2.37. The van der Waals surface area contributed by atoms with Gasteiger partial charge in [-0.2, -0.15) is 22.0 Å². The normalized spacial score (nSPS) is 11.9. The minimum atomic E-state index is -4.81. The van der Waals surface area contributed by atoms with Crippen molar-refractivity contribution in [2.24, 2.45) is 0 Å². The fourth-order valence-electron chi connectivity index (χ4n) is 1.07. The minimum absolute atomic E-state index is 0.115. The molecule has 1 rings (SSSR count). The van der Waals surface area contributed by atoms with Crippen LogP contribution in [-0.4, -0.2) is 6.61 Å². The van der Waals surface area contributed by atoms with Gasteiger partial charge in [0.2, 0.25) is 0 Å². The number of alkyl halides is 5. The van der Waals surface area contributed by atoms with E-state index in [2.05, 4.69) is 20.7 Å². The summed E-state index contributed by atoms with van der Waals surface area (Å²) in [5, 5.41) is 0. The van der Waals surface area contributed by atoms with E-state index in [1.165, 1.54) is 0 Å². The molecule has 0 aliphatic heterocycles. The number of halogens is 6. The zero-order valence-corrected chi connectivity index (χ0v) is 9.07. The Morgan fingerprint density at radius 1 is 1.25 bits per heavy atom. The molecular weight excluding hydrogens is 301 g/mol. The monoisotopic (exact) mass is 305 g/mol. The van der Waals surface area contributed by atoms with Gasteiger partial charge in [-0.3, -0.25) is 0 Å². The molecule has 8 heteroatoms. The van der Waals surface area contributed by atoms with Crippen LogP contribution in [0.25, 0.3) is 0 Å². The van der Waals surface area contributed by atoms with E-state index in [0.717, 1.165) is 6.07 Å². The van der Waals surface area contributed by atoms with Crippen LogP contribution in [0, 0.1) is 0 Å². The van der Waals surface area contributed by atoms with Gasteiger partial charge in [0.15, 0.2) is 0 Å². The van der Waals surface area contributed by atoms with Crippen LogP contribution in [0.5, 0.6) is 5.75 Å². The Hall–Kier alpha value is -1.05. The van der Waals surface area contributed by atoms with Gasteiger partial charge < -0.3 is 10.5 Å². The lowest BCUT2D eigenvalue weighted by molar-refractivity contribution is -0.142. The highest BCUT2D eigenvalue weighted by atomic mass is 79.9. The number of hydrogen-bond donors (Lipinski definition) is 1.